The summed E-state index contributed by atoms with van der Waals surface area (Å²) >= 11 is 0. The highest BCUT2D eigenvalue weighted by atomic mass is 19.4. The van der Waals surface area contributed by atoms with E-state index in [1.807, 2.05) is 0 Å². The number of piperazine rings is 1. The second kappa shape index (κ2) is 4.36. The van der Waals surface area contributed by atoms with Crippen molar-refractivity contribution in [3.05, 3.63) is 0 Å². The average Bonchev–Trinajstić information content (AvgIpc) is 3.13. The molecule has 0 aromatic carbocycles. The van der Waals surface area contributed by atoms with Crippen LogP contribution in [0.2, 0.25) is 0 Å². The molecule has 0 aromatic heterocycles. The SMILES string of the molecule is CC1(C2CC2)C(=O)NC2(CCCC2)C(=O)N1CC(F)(F)F. The Hall–Kier alpha value is -1.27. The summed E-state index contributed by atoms with van der Waals surface area (Å²) in [7, 11) is 0. The van der Waals surface area contributed by atoms with Crippen LogP contribution in [0.15, 0.2) is 0 Å². The van der Waals surface area contributed by atoms with E-state index in [0.717, 1.165) is 17.7 Å². The Kier molecular flexibility index (Phi) is 3.05. The van der Waals surface area contributed by atoms with Crippen molar-refractivity contribution < 1.29 is 22.8 Å². The Labute approximate surface area is 121 Å². The monoisotopic (exact) mass is 304 g/mol. The maximum atomic E-state index is 12.9. The van der Waals surface area contributed by atoms with Gasteiger partial charge in [0, 0.05) is 0 Å². The first-order chi connectivity index (χ1) is 9.69. The van der Waals surface area contributed by atoms with Crippen LogP contribution in [0.5, 0.6) is 0 Å². The zero-order valence-corrected chi connectivity index (χ0v) is 11.9. The van der Waals surface area contributed by atoms with E-state index in [2.05, 4.69) is 5.32 Å². The summed E-state index contributed by atoms with van der Waals surface area (Å²) < 4.78 is 38.8. The van der Waals surface area contributed by atoms with Gasteiger partial charge in [-0.2, -0.15) is 13.2 Å². The van der Waals surface area contributed by atoms with Gasteiger partial charge in [0.05, 0.1) is 0 Å². The number of hydrogen-bond acceptors (Lipinski definition) is 2. The molecule has 7 heteroatoms. The molecule has 4 nitrogen and oxygen atoms in total. The second-order valence-electron chi connectivity index (χ2n) is 6.67. The molecule has 118 valence electrons. The molecule has 3 fully saturated rings. The summed E-state index contributed by atoms with van der Waals surface area (Å²) in [6.07, 6.45) is -0.724. The Morgan fingerprint density at radius 2 is 1.81 bits per heavy atom. The van der Waals surface area contributed by atoms with Crippen LogP contribution >= 0.6 is 0 Å². The third kappa shape index (κ3) is 2.21. The smallest absolute Gasteiger partial charge is 0.340 e. The molecular weight excluding hydrogens is 285 g/mol. The molecule has 0 bridgehead atoms. The minimum atomic E-state index is -4.50. The predicted octanol–water partition coefficient (Wildman–Crippen LogP) is 1.99. The molecule has 1 N–H and O–H groups in total. The highest BCUT2D eigenvalue weighted by Gasteiger charge is 2.63. The molecule has 2 aliphatic carbocycles. The Morgan fingerprint density at radius 1 is 1.24 bits per heavy atom. The lowest BCUT2D eigenvalue weighted by atomic mass is 9.82. The fraction of sp³-hybridized carbons (Fsp3) is 0.857. The van der Waals surface area contributed by atoms with Gasteiger partial charge in [-0.15, -0.1) is 0 Å². The van der Waals surface area contributed by atoms with E-state index in [1.54, 1.807) is 0 Å². The first kappa shape index (κ1) is 14.7. The van der Waals surface area contributed by atoms with E-state index in [0.29, 0.717) is 25.7 Å². The fourth-order valence-corrected chi connectivity index (χ4v) is 3.77. The van der Waals surface area contributed by atoms with Gasteiger partial charge in [0.1, 0.15) is 17.6 Å². The van der Waals surface area contributed by atoms with Crippen molar-refractivity contribution in [3.8, 4) is 0 Å². The van der Waals surface area contributed by atoms with E-state index in [-0.39, 0.29) is 5.92 Å². The molecule has 2 amide bonds. The predicted molar refractivity (Wildman–Crippen MR) is 68.2 cm³/mol. The van der Waals surface area contributed by atoms with Crippen molar-refractivity contribution in [1.82, 2.24) is 10.2 Å². The van der Waals surface area contributed by atoms with Crippen LogP contribution in [0.25, 0.3) is 0 Å². The molecule has 0 radical (unpaired) electrons. The van der Waals surface area contributed by atoms with Crippen LogP contribution in [0.1, 0.15) is 45.4 Å². The lowest BCUT2D eigenvalue weighted by molar-refractivity contribution is -0.188. The summed E-state index contributed by atoms with van der Waals surface area (Å²) in [5.74, 6) is -1.13. The molecule has 1 aliphatic heterocycles. The molecule has 1 saturated heterocycles. The van der Waals surface area contributed by atoms with E-state index < -0.39 is 35.6 Å². The van der Waals surface area contributed by atoms with E-state index >= 15 is 0 Å². The van der Waals surface area contributed by atoms with Gasteiger partial charge in [-0.1, -0.05) is 12.8 Å². The number of carbonyl (C=O) groups excluding carboxylic acids is 2. The quantitative estimate of drug-likeness (QED) is 0.848. The topological polar surface area (TPSA) is 49.4 Å². The van der Waals surface area contributed by atoms with Gasteiger partial charge >= 0.3 is 6.18 Å². The zero-order valence-electron chi connectivity index (χ0n) is 11.9. The summed E-state index contributed by atoms with van der Waals surface area (Å²) in [6.45, 7) is 0.138. The van der Waals surface area contributed by atoms with Crippen LogP contribution in [0, 0.1) is 5.92 Å². The molecule has 1 heterocycles. The number of carbonyl (C=O) groups is 2. The van der Waals surface area contributed by atoms with Crippen LogP contribution in [0.3, 0.4) is 0 Å². The molecule has 0 aromatic rings. The fourth-order valence-electron chi connectivity index (χ4n) is 3.77. The van der Waals surface area contributed by atoms with Gasteiger partial charge in [-0.05, 0) is 38.5 Å². The Morgan fingerprint density at radius 3 is 2.29 bits per heavy atom. The van der Waals surface area contributed by atoms with Gasteiger partial charge in [0.25, 0.3) is 0 Å². The summed E-state index contributed by atoms with van der Waals surface area (Å²) in [5, 5.41) is 2.77. The second-order valence-corrected chi connectivity index (χ2v) is 6.67. The number of rotatable bonds is 2. The van der Waals surface area contributed by atoms with Crippen molar-refractivity contribution >= 4 is 11.8 Å². The standard InChI is InChI=1S/C14H19F3N2O2/c1-12(9-4-5-9)10(20)18-13(6-2-3-7-13)11(21)19(12)8-14(15,16)17/h9H,2-8H2,1H3,(H,18,20). The number of nitrogens with zero attached hydrogens (tertiary/aromatic N) is 1. The summed E-state index contributed by atoms with van der Waals surface area (Å²) in [4.78, 5) is 26.1. The van der Waals surface area contributed by atoms with Gasteiger partial charge in [-0.25, -0.2) is 0 Å². The van der Waals surface area contributed by atoms with Crippen LogP contribution in [-0.4, -0.2) is 40.5 Å². The van der Waals surface area contributed by atoms with Gasteiger partial charge in [-0.3, -0.25) is 9.59 Å². The van der Waals surface area contributed by atoms with Crippen LogP contribution in [0.4, 0.5) is 13.2 Å². The van der Waals surface area contributed by atoms with Gasteiger partial charge in [0.15, 0.2) is 0 Å². The summed E-state index contributed by atoms with van der Waals surface area (Å²) in [5.41, 5.74) is -2.46. The average molecular weight is 304 g/mol. The van der Waals surface area contributed by atoms with Gasteiger partial charge < -0.3 is 10.2 Å². The van der Waals surface area contributed by atoms with E-state index in [4.69, 9.17) is 0 Å². The van der Waals surface area contributed by atoms with E-state index in [1.165, 1.54) is 6.92 Å². The molecule has 21 heavy (non-hydrogen) atoms. The van der Waals surface area contributed by atoms with Crippen LogP contribution < -0.4 is 5.32 Å². The maximum Gasteiger partial charge on any atom is 0.406 e. The minimum absolute atomic E-state index is 0.164. The molecule has 1 atom stereocenters. The molecule has 3 aliphatic rings. The van der Waals surface area contributed by atoms with Crippen molar-refractivity contribution in [2.75, 3.05) is 6.54 Å². The third-order valence-electron chi connectivity index (χ3n) is 5.19. The maximum absolute atomic E-state index is 12.9. The van der Waals surface area contributed by atoms with Crippen molar-refractivity contribution in [3.63, 3.8) is 0 Å². The third-order valence-corrected chi connectivity index (χ3v) is 5.19. The first-order valence-electron chi connectivity index (χ1n) is 7.40. The molecule has 1 spiro atoms. The van der Waals surface area contributed by atoms with Crippen molar-refractivity contribution in [1.29, 1.82) is 0 Å². The lowest BCUT2D eigenvalue weighted by Crippen LogP contribution is -2.75. The Bertz CT molecular complexity index is 481. The highest BCUT2D eigenvalue weighted by molar-refractivity contribution is 6.02. The van der Waals surface area contributed by atoms with Crippen molar-refractivity contribution in [2.24, 2.45) is 5.92 Å². The number of hydrogen-bond donors (Lipinski definition) is 1. The summed E-state index contributed by atoms with van der Waals surface area (Å²) in [6, 6.07) is 0. The lowest BCUT2D eigenvalue weighted by Gasteiger charge is -2.50. The number of amides is 2. The van der Waals surface area contributed by atoms with E-state index in [9.17, 15) is 22.8 Å². The van der Waals surface area contributed by atoms with Crippen molar-refractivity contribution in [2.45, 2.75) is 62.7 Å². The molecule has 3 rings (SSSR count). The molecular formula is C14H19F3N2O2. The number of alkyl halides is 3. The molecule has 2 saturated carbocycles. The minimum Gasteiger partial charge on any atom is -0.340 e. The normalized spacial score (nSPS) is 32.7. The van der Waals surface area contributed by atoms with Gasteiger partial charge in [0.2, 0.25) is 11.8 Å². The molecule has 1 unspecified atom stereocenters. The number of halogens is 3. The largest absolute Gasteiger partial charge is 0.406 e. The zero-order chi connectivity index (χ0) is 15.5. The number of nitrogens with one attached hydrogen (secondary N) is 1. The Balaban J connectivity index is 1.98. The van der Waals surface area contributed by atoms with Crippen LogP contribution in [-0.2, 0) is 9.59 Å². The highest BCUT2D eigenvalue weighted by Crippen LogP contribution is 2.48. The first-order valence-corrected chi connectivity index (χ1v) is 7.40.